The first-order valence-electron chi connectivity index (χ1n) is 8.01. The van der Waals surface area contributed by atoms with Crippen molar-refractivity contribution < 1.29 is 14.3 Å². The number of hydrogen-bond donors (Lipinski definition) is 1. The van der Waals surface area contributed by atoms with E-state index in [4.69, 9.17) is 9.47 Å². The van der Waals surface area contributed by atoms with Crippen LogP contribution in [0.4, 0.5) is 4.79 Å². The Labute approximate surface area is 153 Å². The van der Waals surface area contributed by atoms with Gasteiger partial charge >= 0.3 is 6.09 Å². The summed E-state index contributed by atoms with van der Waals surface area (Å²) in [5, 5.41) is 2.70. The number of benzene rings is 1. The van der Waals surface area contributed by atoms with Crippen LogP contribution in [0.3, 0.4) is 0 Å². The molecule has 0 bridgehead atoms. The maximum atomic E-state index is 11.6. The summed E-state index contributed by atoms with van der Waals surface area (Å²) in [6, 6.07) is 4.09. The summed E-state index contributed by atoms with van der Waals surface area (Å²) < 4.78 is 13.0. The number of carbonyl (C=O) groups is 1. The molecular weight excluding hydrogens is 392 g/mol. The second-order valence-corrected chi connectivity index (χ2v) is 9.18. The monoisotopic (exact) mass is 412 g/mol. The highest BCUT2D eigenvalue weighted by Crippen LogP contribution is 2.45. The summed E-state index contributed by atoms with van der Waals surface area (Å²) in [7, 11) is 0. The van der Waals surface area contributed by atoms with Crippen LogP contribution in [0.2, 0.25) is 0 Å². The minimum Gasteiger partial charge on any atom is -0.492 e. The molecule has 5 nitrogen and oxygen atoms in total. The van der Waals surface area contributed by atoms with Crippen molar-refractivity contribution in [3.8, 4) is 5.75 Å². The number of carbonyl (C=O) groups excluding carboxylic acids is 1. The van der Waals surface area contributed by atoms with E-state index >= 15 is 0 Å². The SMILES string of the molecule is CC(C)(C)OC(=O)NCCOc1cc(C2CC2)c2nc(Br)sc2c1. The van der Waals surface area contributed by atoms with Gasteiger partial charge in [-0.05, 0) is 73.2 Å². The maximum Gasteiger partial charge on any atom is 0.407 e. The van der Waals surface area contributed by atoms with Gasteiger partial charge in [0.15, 0.2) is 3.92 Å². The number of thiazole rings is 1. The summed E-state index contributed by atoms with van der Waals surface area (Å²) in [5.74, 6) is 1.43. The number of alkyl carbamates (subject to hydrolysis) is 1. The van der Waals surface area contributed by atoms with Crippen molar-refractivity contribution in [1.82, 2.24) is 10.3 Å². The van der Waals surface area contributed by atoms with Crippen LogP contribution in [-0.4, -0.2) is 29.8 Å². The van der Waals surface area contributed by atoms with Gasteiger partial charge in [-0.1, -0.05) is 0 Å². The number of rotatable bonds is 5. The number of ether oxygens (including phenoxy) is 2. The standard InChI is InChI=1S/C17H21BrN2O3S/c1-17(2,3)23-16(21)19-6-7-22-11-8-12(10-4-5-10)14-13(9-11)24-15(18)20-14/h8-10H,4-7H2,1-3H3,(H,19,21). The lowest BCUT2D eigenvalue weighted by molar-refractivity contribution is 0.0520. The van der Waals surface area contributed by atoms with Crippen molar-refractivity contribution in [3.05, 3.63) is 21.6 Å². The summed E-state index contributed by atoms with van der Waals surface area (Å²) in [4.78, 5) is 16.2. The van der Waals surface area contributed by atoms with Gasteiger partial charge in [0.25, 0.3) is 0 Å². The molecule has 0 radical (unpaired) electrons. The second-order valence-electron chi connectivity index (χ2n) is 6.88. The van der Waals surface area contributed by atoms with E-state index in [1.54, 1.807) is 11.3 Å². The predicted molar refractivity (Wildman–Crippen MR) is 99.0 cm³/mol. The van der Waals surface area contributed by atoms with Gasteiger partial charge in [-0.3, -0.25) is 0 Å². The highest BCUT2D eigenvalue weighted by atomic mass is 79.9. The molecule has 1 heterocycles. The van der Waals surface area contributed by atoms with E-state index < -0.39 is 11.7 Å². The van der Waals surface area contributed by atoms with Crippen LogP contribution in [0.25, 0.3) is 10.2 Å². The van der Waals surface area contributed by atoms with Crippen LogP contribution in [0, 0.1) is 0 Å². The third kappa shape index (κ3) is 4.60. The fraction of sp³-hybridized carbons (Fsp3) is 0.529. The molecule has 1 aromatic carbocycles. The van der Waals surface area contributed by atoms with Gasteiger partial charge in [-0.15, -0.1) is 11.3 Å². The average Bonchev–Trinajstić information content (AvgIpc) is 3.22. The fourth-order valence-electron chi connectivity index (χ4n) is 2.43. The van der Waals surface area contributed by atoms with Crippen LogP contribution in [0.15, 0.2) is 16.0 Å². The maximum absolute atomic E-state index is 11.6. The molecule has 7 heteroatoms. The molecule has 3 rings (SSSR count). The van der Waals surface area contributed by atoms with Crippen molar-refractivity contribution in [3.63, 3.8) is 0 Å². The third-order valence-electron chi connectivity index (χ3n) is 3.53. The van der Waals surface area contributed by atoms with Crippen molar-refractivity contribution in [1.29, 1.82) is 0 Å². The Morgan fingerprint density at radius 2 is 2.17 bits per heavy atom. The number of halogens is 1. The molecule has 1 fully saturated rings. The lowest BCUT2D eigenvalue weighted by Crippen LogP contribution is -2.34. The molecule has 2 aromatic rings. The van der Waals surface area contributed by atoms with E-state index in [9.17, 15) is 4.79 Å². The first kappa shape index (κ1) is 17.5. The van der Waals surface area contributed by atoms with Crippen LogP contribution in [0.5, 0.6) is 5.75 Å². The average molecular weight is 413 g/mol. The predicted octanol–water partition coefficient (Wildman–Crippen LogP) is 4.84. The number of amides is 1. The van der Waals surface area contributed by atoms with E-state index in [2.05, 4.69) is 32.3 Å². The van der Waals surface area contributed by atoms with E-state index in [-0.39, 0.29) is 0 Å². The highest BCUT2D eigenvalue weighted by Gasteiger charge is 2.27. The van der Waals surface area contributed by atoms with E-state index in [1.165, 1.54) is 18.4 Å². The Hall–Kier alpha value is -1.34. The Kier molecular flexibility index (Phi) is 5.01. The quantitative estimate of drug-likeness (QED) is 0.713. The Morgan fingerprint density at radius 3 is 2.83 bits per heavy atom. The molecule has 1 saturated carbocycles. The first-order valence-corrected chi connectivity index (χ1v) is 9.62. The van der Waals surface area contributed by atoms with Crippen molar-refractivity contribution in [2.24, 2.45) is 0 Å². The molecule has 0 atom stereocenters. The van der Waals surface area contributed by atoms with Crippen molar-refractivity contribution >= 4 is 43.6 Å². The molecule has 1 aromatic heterocycles. The number of hydrogen-bond acceptors (Lipinski definition) is 5. The molecule has 0 spiro atoms. The Balaban J connectivity index is 1.58. The molecular formula is C17H21BrN2O3S. The number of aromatic nitrogens is 1. The van der Waals surface area contributed by atoms with Gasteiger partial charge in [0.05, 0.1) is 16.8 Å². The van der Waals surface area contributed by atoms with E-state index in [0.717, 1.165) is 19.9 Å². The molecule has 0 unspecified atom stereocenters. The molecule has 0 saturated heterocycles. The van der Waals surface area contributed by atoms with Gasteiger partial charge < -0.3 is 14.8 Å². The van der Waals surface area contributed by atoms with Gasteiger partial charge in [0, 0.05) is 0 Å². The lowest BCUT2D eigenvalue weighted by atomic mass is 10.1. The van der Waals surface area contributed by atoms with Gasteiger partial charge in [0.2, 0.25) is 0 Å². The zero-order chi connectivity index (χ0) is 17.3. The molecule has 1 amide bonds. The second kappa shape index (κ2) is 6.88. The molecule has 1 aliphatic carbocycles. The van der Waals surface area contributed by atoms with Crippen molar-refractivity contribution in [2.75, 3.05) is 13.2 Å². The van der Waals surface area contributed by atoms with Crippen LogP contribution in [-0.2, 0) is 4.74 Å². The molecule has 1 aliphatic rings. The zero-order valence-electron chi connectivity index (χ0n) is 14.0. The minimum absolute atomic E-state index is 0.398. The minimum atomic E-state index is -0.491. The largest absolute Gasteiger partial charge is 0.492 e. The number of fused-ring (bicyclic) bond motifs is 1. The third-order valence-corrected chi connectivity index (χ3v) is 4.98. The fourth-order valence-corrected chi connectivity index (χ4v) is 3.88. The van der Waals surface area contributed by atoms with Gasteiger partial charge in [-0.2, -0.15) is 0 Å². The summed E-state index contributed by atoms with van der Waals surface area (Å²) in [6.45, 7) is 6.31. The summed E-state index contributed by atoms with van der Waals surface area (Å²) in [5.41, 5.74) is 1.85. The van der Waals surface area contributed by atoms with Crippen LogP contribution < -0.4 is 10.1 Å². The molecule has 0 aliphatic heterocycles. The number of nitrogens with one attached hydrogen (secondary N) is 1. The smallest absolute Gasteiger partial charge is 0.407 e. The molecule has 1 N–H and O–H groups in total. The summed E-state index contributed by atoms with van der Waals surface area (Å²) in [6.07, 6.45) is 2.01. The highest BCUT2D eigenvalue weighted by molar-refractivity contribution is 9.11. The van der Waals surface area contributed by atoms with E-state index in [0.29, 0.717) is 19.1 Å². The molecule has 130 valence electrons. The Bertz CT molecular complexity index is 750. The van der Waals surface area contributed by atoms with Gasteiger partial charge in [0.1, 0.15) is 18.0 Å². The molecule has 24 heavy (non-hydrogen) atoms. The lowest BCUT2D eigenvalue weighted by Gasteiger charge is -2.19. The Morgan fingerprint density at radius 1 is 1.42 bits per heavy atom. The van der Waals surface area contributed by atoms with Crippen LogP contribution in [0.1, 0.15) is 45.1 Å². The normalized spacial score (nSPS) is 14.7. The zero-order valence-corrected chi connectivity index (χ0v) is 16.4. The van der Waals surface area contributed by atoms with Crippen LogP contribution >= 0.6 is 27.3 Å². The number of nitrogens with zero attached hydrogens (tertiary/aromatic N) is 1. The van der Waals surface area contributed by atoms with Crippen molar-refractivity contribution in [2.45, 2.75) is 45.1 Å². The van der Waals surface area contributed by atoms with Gasteiger partial charge in [-0.25, -0.2) is 9.78 Å². The van der Waals surface area contributed by atoms with E-state index in [1.807, 2.05) is 26.8 Å². The first-order chi connectivity index (χ1) is 11.3. The summed E-state index contributed by atoms with van der Waals surface area (Å²) >= 11 is 5.07. The topological polar surface area (TPSA) is 60.5 Å².